The van der Waals surface area contributed by atoms with Crippen molar-refractivity contribution in [2.75, 3.05) is 6.61 Å². The van der Waals surface area contributed by atoms with E-state index < -0.39 is 18.7 Å². The zero-order chi connectivity index (χ0) is 14.0. The fraction of sp³-hybridized carbons (Fsp3) is 0.308. The quantitative estimate of drug-likeness (QED) is 0.801. The lowest BCUT2D eigenvalue weighted by Crippen LogP contribution is -2.21. The number of halogens is 3. The Morgan fingerprint density at radius 2 is 2.00 bits per heavy atom. The molecule has 0 saturated carbocycles. The van der Waals surface area contributed by atoms with Gasteiger partial charge in [-0.3, -0.25) is 0 Å². The van der Waals surface area contributed by atoms with Crippen molar-refractivity contribution in [1.29, 1.82) is 0 Å². The van der Waals surface area contributed by atoms with Gasteiger partial charge >= 0.3 is 12.1 Å². The molecule has 0 radical (unpaired) electrons. The second kappa shape index (κ2) is 4.95. The van der Waals surface area contributed by atoms with Crippen LogP contribution in [0.4, 0.5) is 13.2 Å². The molecule has 1 aromatic carbocycles. The van der Waals surface area contributed by atoms with E-state index in [2.05, 4.69) is 0 Å². The number of alkyl halides is 3. The molecular formula is C13H12F3NO2. The SMILES string of the molecule is CCOC(=O)c1cc2ccccc2n1CC(F)(F)F. The minimum absolute atomic E-state index is 0.0830. The standard InChI is InChI=1S/C13H12F3NO2/c1-2-19-12(18)11-7-9-5-3-4-6-10(9)17(11)8-13(14,15)16/h3-7H,2,8H2,1H3. The van der Waals surface area contributed by atoms with E-state index in [1.807, 2.05) is 0 Å². The van der Waals surface area contributed by atoms with Gasteiger partial charge in [0.1, 0.15) is 12.2 Å². The zero-order valence-electron chi connectivity index (χ0n) is 10.2. The molecule has 102 valence electrons. The van der Waals surface area contributed by atoms with Crippen LogP contribution in [0.25, 0.3) is 10.9 Å². The number of fused-ring (bicyclic) bond motifs is 1. The van der Waals surface area contributed by atoms with Crippen LogP contribution in [0, 0.1) is 0 Å². The molecule has 0 aliphatic carbocycles. The van der Waals surface area contributed by atoms with E-state index in [1.165, 1.54) is 6.07 Å². The normalized spacial score (nSPS) is 11.8. The molecule has 0 aliphatic rings. The van der Waals surface area contributed by atoms with E-state index in [0.29, 0.717) is 10.9 Å². The highest BCUT2D eigenvalue weighted by atomic mass is 19.4. The molecule has 0 N–H and O–H groups in total. The minimum atomic E-state index is -4.40. The number of rotatable bonds is 3. The fourth-order valence-corrected chi connectivity index (χ4v) is 1.93. The molecule has 19 heavy (non-hydrogen) atoms. The molecular weight excluding hydrogens is 259 g/mol. The van der Waals surface area contributed by atoms with Gasteiger partial charge in [-0.05, 0) is 19.1 Å². The lowest BCUT2D eigenvalue weighted by Gasteiger charge is -2.12. The maximum Gasteiger partial charge on any atom is 0.406 e. The summed E-state index contributed by atoms with van der Waals surface area (Å²) >= 11 is 0. The third kappa shape index (κ3) is 2.89. The molecule has 3 nitrogen and oxygen atoms in total. The Hall–Kier alpha value is -1.98. The number of para-hydroxylation sites is 1. The number of nitrogens with zero attached hydrogens (tertiary/aromatic N) is 1. The van der Waals surface area contributed by atoms with Crippen molar-refractivity contribution < 1.29 is 22.7 Å². The van der Waals surface area contributed by atoms with Gasteiger partial charge in [0, 0.05) is 10.9 Å². The first-order chi connectivity index (χ1) is 8.92. The predicted molar refractivity (Wildman–Crippen MR) is 63.9 cm³/mol. The Morgan fingerprint density at radius 3 is 2.63 bits per heavy atom. The van der Waals surface area contributed by atoms with Crippen LogP contribution in [0.5, 0.6) is 0 Å². The van der Waals surface area contributed by atoms with E-state index in [1.54, 1.807) is 31.2 Å². The second-order valence-electron chi connectivity index (χ2n) is 4.01. The Balaban J connectivity index is 2.55. The monoisotopic (exact) mass is 271 g/mol. The Kier molecular flexibility index (Phi) is 3.50. The molecule has 0 amide bonds. The van der Waals surface area contributed by atoms with E-state index in [9.17, 15) is 18.0 Å². The summed E-state index contributed by atoms with van der Waals surface area (Å²) in [4.78, 5) is 11.7. The number of benzene rings is 1. The number of aromatic nitrogens is 1. The number of esters is 1. The summed E-state index contributed by atoms with van der Waals surface area (Å²) in [6.45, 7) is 0.510. The summed E-state index contributed by atoms with van der Waals surface area (Å²) in [5.41, 5.74) is 0.281. The minimum Gasteiger partial charge on any atom is -0.461 e. The summed E-state index contributed by atoms with van der Waals surface area (Å²) < 4.78 is 43.5. The summed E-state index contributed by atoms with van der Waals surface area (Å²) in [7, 11) is 0. The van der Waals surface area contributed by atoms with Crippen molar-refractivity contribution >= 4 is 16.9 Å². The van der Waals surface area contributed by atoms with Gasteiger partial charge < -0.3 is 9.30 Å². The first-order valence-electron chi connectivity index (χ1n) is 5.74. The molecule has 2 aromatic rings. The Bertz CT molecular complexity index is 601. The van der Waals surface area contributed by atoms with Crippen LogP contribution >= 0.6 is 0 Å². The molecule has 0 bridgehead atoms. The Labute approximate surface area is 107 Å². The van der Waals surface area contributed by atoms with Gasteiger partial charge in [-0.25, -0.2) is 4.79 Å². The van der Waals surface area contributed by atoms with Gasteiger partial charge in [0.05, 0.1) is 6.61 Å². The summed E-state index contributed by atoms with van der Waals surface area (Å²) in [6.07, 6.45) is -4.40. The summed E-state index contributed by atoms with van der Waals surface area (Å²) in [5, 5.41) is 0.579. The molecule has 0 fully saturated rings. The average Bonchev–Trinajstić information content (AvgIpc) is 2.67. The van der Waals surface area contributed by atoms with E-state index in [0.717, 1.165) is 4.57 Å². The van der Waals surface area contributed by atoms with Crippen molar-refractivity contribution in [3.63, 3.8) is 0 Å². The van der Waals surface area contributed by atoms with Crippen molar-refractivity contribution in [3.8, 4) is 0 Å². The molecule has 0 spiro atoms. The van der Waals surface area contributed by atoms with Crippen molar-refractivity contribution in [3.05, 3.63) is 36.0 Å². The average molecular weight is 271 g/mol. The van der Waals surface area contributed by atoms with Crippen LogP contribution in [0.1, 0.15) is 17.4 Å². The van der Waals surface area contributed by atoms with Crippen LogP contribution in [0.3, 0.4) is 0 Å². The number of carbonyl (C=O) groups is 1. The molecule has 1 aromatic heterocycles. The number of carbonyl (C=O) groups excluding carboxylic acids is 1. The summed E-state index contributed by atoms with van der Waals surface area (Å²) in [5.74, 6) is -0.747. The number of hydrogen-bond donors (Lipinski definition) is 0. The first-order valence-corrected chi connectivity index (χ1v) is 5.74. The smallest absolute Gasteiger partial charge is 0.406 e. The molecule has 0 aliphatic heterocycles. The van der Waals surface area contributed by atoms with Gasteiger partial charge in [-0.1, -0.05) is 18.2 Å². The lowest BCUT2D eigenvalue weighted by molar-refractivity contribution is -0.140. The van der Waals surface area contributed by atoms with Crippen LogP contribution < -0.4 is 0 Å². The van der Waals surface area contributed by atoms with Crippen molar-refractivity contribution in [2.24, 2.45) is 0 Å². The van der Waals surface area contributed by atoms with Crippen LogP contribution in [-0.4, -0.2) is 23.3 Å². The fourth-order valence-electron chi connectivity index (χ4n) is 1.93. The third-order valence-corrected chi connectivity index (χ3v) is 2.63. The molecule has 1 heterocycles. The largest absolute Gasteiger partial charge is 0.461 e. The summed E-state index contributed by atoms with van der Waals surface area (Å²) in [6, 6.07) is 7.95. The van der Waals surface area contributed by atoms with E-state index >= 15 is 0 Å². The van der Waals surface area contributed by atoms with Crippen molar-refractivity contribution in [1.82, 2.24) is 4.57 Å². The lowest BCUT2D eigenvalue weighted by atomic mass is 10.2. The maximum absolute atomic E-state index is 12.6. The van der Waals surface area contributed by atoms with E-state index in [-0.39, 0.29) is 12.3 Å². The van der Waals surface area contributed by atoms with Gasteiger partial charge in [0.2, 0.25) is 0 Å². The van der Waals surface area contributed by atoms with Gasteiger partial charge in [0.25, 0.3) is 0 Å². The first kappa shape index (κ1) is 13.5. The molecule has 2 rings (SSSR count). The van der Waals surface area contributed by atoms with Gasteiger partial charge in [-0.2, -0.15) is 13.2 Å². The van der Waals surface area contributed by atoms with Crippen molar-refractivity contribution in [2.45, 2.75) is 19.6 Å². The molecule has 0 unspecified atom stereocenters. The highest BCUT2D eigenvalue weighted by Crippen LogP contribution is 2.26. The zero-order valence-corrected chi connectivity index (χ0v) is 10.2. The van der Waals surface area contributed by atoms with Gasteiger partial charge in [0.15, 0.2) is 0 Å². The molecule has 6 heteroatoms. The van der Waals surface area contributed by atoms with Crippen LogP contribution in [0.15, 0.2) is 30.3 Å². The van der Waals surface area contributed by atoms with Crippen LogP contribution in [-0.2, 0) is 11.3 Å². The predicted octanol–water partition coefficient (Wildman–Crippen LogP) is 3.38. The second-order valence-corrected chi connectivity index (χ2v) is 4.01. The highest BCUT2D eigenvalue weighted by molar-refractivity contribution is 5.95. The Morgan fingerprint density at radius 1 is 1.32 bits per heavy atom. The topological polar surface area (TPSA) is 31.2 Å². The third-order valence-electron chi connectivity index (χ3n) is 2.63. The number of ether oxygens (including phenoxy) is 1. The molecule has 0 saturated heterocycles. The van der Waals surface area contributed by atoms with Crippen LogP contribution in [0.2, 0.25) is 0 Å². The van der Waals surface area contributed by atoms with Gasteiger partial charge in [-0.15, -0.1) is 0 Å². The van der Waals surface area contributed by atoms with E-state index in [4.69, 9.17) is 4.74 Å². The number of hydrogen-bond acceptors (Lipinski definition) is 2. The molecule has 0 atom stereocenters. The maximum atomic E-state index is 12.6. The highest BCUT2D eigenvalue weighted by Gasteiger charge is 2.31.